The fourth-order valence-electron chi connectivity index (χ4n) is 1.92. The van der Waals surface area contributed by atoms with Crippen LogP contribution < -0.4 is 5.43 Å². The minimum atomic E-state index is -0.407. The molecule has 3 rings (SSSR count). The number of benzene rings is 2. The molecule has 0 aliphatic heterocycles. The van der Waals surface area contributed by atoms with Gasteiger partial charge in [0.05, 0.1) is 5.39 Å². The van der Waals surface area contributed by atoms with Gasteiger partial charge in [0.15, 0.2) is 5.76 Å². The maximum Gasteiger partial charge on any atom is 0.235 e. The largest absolute Gasteiger partial charge is 0.502 e. The van der Waals surface area contributed by atoms with E-state index in [-0.39, 0.29) is 18.1 Å². The lowest BCUT2D eigenvalue weighted by Crippen LogP contribution is -2.02. The minimum absolute atomic E-state index is 0.208. The van der Waals surface area contributed by atoms with Crippen molar-refractivity contribution in [3.63, 3.8) is 0 Å². The fraction of sp³-hybridized carbons (Fsp3) is 0.118. The van der Waals surface area contributed by atoms with Gasteiger partial charge < -0.3 is 14.6 Å². The van der Waals surface area contributed by atoms with Gasteiger partial charge in [-0.25, -0.2) is 0 Å². The normalized spacial score (nSPS) is 10.0. The van der Waals surface area contributed by atoms with E-state index in [4.69, 9.17) is 9.52 Å². The molecule has 0 saturated carbocycles. The zero-order chi connectivity index (χ0) is 15.2. The van der Waals surface area contributed by atoms with Gasteiger partial charge in [0, 0.05) is 12.2 Å². The lowest BCUT2D eigenvalue weighted by molar-refractivity contribution is 0.318. The summed E-state index contributed by atoms with van der Waals surface area (Å²) in [6.45, 7) is 1.93. The molecular formula is C17H16O4. The van der Waals surface area contributed by atoms with Crippen LogP contribution in [0, 0.1) is 0 Å². The average Bonchev–Trinajstić information content (AvgIpc) is 2.52. The first kappa shape index (κ1) is 14.8. The molecule has 2 aromatic carbocycles. The smallest absolute Gasteiger partial charge is 0.235 e. The fourth-order valence-corrected chi connectivity index (χ4v) is 1.92. The summed E-state index contributed by atoms with van der Waals surface area (Å²) in [5, 5.41) is 17.9. The van der Waals surface area contributed by atoms with Crippen molar-refractivity contribution >= 4 is 11.0 Å². The summed E-state index contributed by atoms with van der Waals surface area (Å²) in [4.78, 5) is 12.0. The molecular weight excluding hydrogens is 268 g/mol. The number of hydrogen-bond donors (Lipinski definition) is 2. The molecule has 1 aromatic heterocycles. The van der Waals surface area contributed by atoms with Crippen LogP contribution in [0.3, 0.4) is 0 Å². The van der Waals surface area contributed by atoms with Gasteiger partial charge in [-0.05, 0) is 19.1 Å². The highest BCUT2D eigenvalue weighted by molar-refractivity contribution is 5.81. The minimum Gasteiger partial charge on any atom is -0.502 e. The quantitative estimate of drug-likeness (QED) is 0.720. The molecule has 0 aliphatic carbocycles. The van der Waals surface area contributed by atoms with E-state index in [2.05, 4.69) is 0 Å². The predicted octanol–water partition coefficient (Wildman–Crippen LogP) is 3.16. The van der Waals surface area contributed by atoms with E-state index in [9.17, 15) is 9.90 Å². The average molecular weight is 284 g/mol. The maximum absolute atomic E-state index is 12.0. The van der Waals surface area contributed by atoms with Gasteiger partial charge in [0.25, 0.3) is 0 Å². The number of aliphatic hydroxyl groups is 1. The van der Waals surface area contributed by atoms with Crippen LogP contribution in [0.1, 0.15) is 6.92 Å². The van der Waals surface area contributed by atoms with Gasteiger partial charge >= 0.3 is 0 Å². The molecule has 0 amide bonds. The van der Waals surface area contributed by atoms with Crippen LogP contribution in [0.25, 0.3) is 22.3 Å². The molecule has 3 aromatic rings. The van der Waals surface area contributed by atoms with Crippen molar-refractivity contribution in [3.8, 4) is 17.1 Å². The molecule has 0 aliphatic rings. The molecule has 21 heavy (non-hydrogen) atoms. The summed E-state index contributed by atoms with van der Waals surface area (Å²) >= 11 is 0. The van der Waals surface area contributed by atoms with E-state index < -0.39 is 5.43 Å². The standard InChI is InChI=1S/C15H10O3.C2H6O/c16-13-11-8-4-5-9-12(11)18-15(14(13)17)10-6-2-1-3-7-10;1-2-3/h1-9,17H;3H,2H2,1H3. The summed E-state index contributed by atoms with van der Waals surface area (Å²) in [7, 11) is 0. The number of hydrogen-bond acceptors (Lipinski definition) is 4. The summed E-state index contributed by atoms with van der Waals surface area (Å²) < 4.78 is 5.61. The molecule has 4 heteroatoms. The van der Waals surface area contributed by atoms with Crippen LogP contribution in [0.5, 0.6) is 5.75 Å². The highest BCUT2D eigenvalue weighted by atomic mass is 16.4. The second kappa shape index (κ2) is 6.72. The third-order valence-electron chi connectivity index (χ3n) is 2.81. The van der Waals surface area contributed by atoms with Crippen molar-refractivity contribution in [2.24, 2.45) is 0 Å². The zero-order valence-corrected chi connectivity index (χ0v) is 11.6. The van der Waals surface area contributed by atoms with Gasteiger partial charge in [-0.1, -0.05) is 42.5 Å². The number of para-hydroxylation sites is 1. The molecule has 1 heterocycles. The van der Waals surface area contributed by atoms with E-state index in [0.29, 0.717) is 16.5 Å². The van der Waals surface area contributed by atoms with E-state index in [1.807, 2.05) is 18.2 Å². The molecule has 0 spiro atoms. The van der Waals surface area contributed by atoms with E-state index in [1.54, 1.807) is 43.3 Å². The first-order valence-corrected chi connectivity index (χ1v) is 6.60. The monoisotopic (exact) mass is 284 g/mol. The molecule has 0 atom stereocenters. The Balaban J connectivity index is 0.000000497. The van der Waals surface area contributed by atoms with Gasteiger partial charge in [-0.2, -0.15) is 0 Å². The van der Waals surface area contributed by atoms with Gasteiger partial charge in [0.2, 0.25) is 11.2 Å². The Morgan fingerprint density at radius 2 is 1.57 bits per heavy atom. The molecule has 108 valence electrons. The van der Waals surface area contributed by atoms with Crippen LogP contribution in [-0.2, 0) is 0 Å². The van der Waals surface area contributed by atoms with Crippen molar-refractivity contribution in [3.05, 3.63) is 64.8 Å². The Morgan fingerprint density at radius 3 is 2.24 bits per heavy atom. The molecule has 0 unspecified atom stereocenters. The van der Waals surface area contributed by atoms with Crippen LogP contribution in [0.4, 0.5) is 0 Å². The number of aromatic hydroxyl groups is 1. The topological polar surface area (TPSA) is 70.7 Å². The Kier molecular flexibility index (Phi) is 4.74. The van der Waals surface area contributed by atoms with Crippen molar-refractivity contribution in [1.82, 2.24) is 0 Å². The van der Waals surface area contributed by atoms with Crippen LogP contribution in [-0.4, -0.2) is 16.8 Å². The molecule has 0 fully saturated rings. The van der Waals surface area contributed by atoms with Crippen LogP contribution in [0.15, 0.2) is 63.8 Å². The predicted molar refractivity (Wildman–Crippen MR) is 82.3 cm³/mol. The first-order valence-electron chi connectivity index (χ1n) is 6.60. The maximum atomic E-state index is 12.0. The molecule has 2 N–H and O–H groups in total. The van der Waals surface area contributed by atoms with E-state index in [0.717, 1.165) is 0 Å². The van der Waals surface area contributed by atoms with Crippen molar-refractivity contribution in [2.45, 2.75) is 6.92 Å². The Labute approximate surface area is 121 Å². The number of aliphatic hydroxyl groups excluding tert-OH is 1. The molecule has 0 saturated heterocycles. The van der Waals surface area contributed by atoms with E-state index >= 15 is 0 Å². The second-order valence-corrected chi connectivity index (χ2v) is 4.29. The third kappa shape index (κ3) is 3.12. The highest BCUT2D eigenvalue weighted by Crippen LogP contribution is 2.29. The summed E-state index contributed by atoms with van der Waals surface area (Å²) in [6.07, 6.45) is 0. The summed E-state index contributed by atoms with van der Waals surface area (Å²) in [6, 6.07) is 15.9. The lowest BCUT2D eigenvalue weighted by atomic mass is 10.1. The first-order chi connectivity index (χ1) is 10.2. The Hall–Kier alpha value is -2.59. The van der Waals surface area contributed by atoms with Gasteiger partial charge in [0.1, 0.15) is 5.58 Å². The molecule has 0 radical (unpaired) electrons. The van der Waals surface area contributed by atoms with E-state index in [1.165, 1.54) is 0 Å². The Bertz CT molecular complexity index is 776. The zero-order valence-electron chi connectivity index (χ0n) is 11.6. The van der Waals surface area contributed by atoms with Crippen LogP contribution in [0.2, 0.25) is 0 Å². The van der Waals surface area contributed by atoms with Gasteiger partial charge in [-0.3, -0.25) is 4.79 Å². The SMILES string of the molecule is CCO.O=c1c(O)c(-c2ccccc2)oc2ccccc12. The Morgan fingerprint density at radius 1 is 1.00 bits per heavy atom. The van der Waals surface area contributed by atoms with Crippen molar-refractivity contribution in [1.29, 1.82) is 0 Å². The highest BCUT2D eigenvalue weighted by Gasteiger charge is 2.14. The molecule has 0 bridgehead atoms. The second-order valence-electron chi connectivity index (χ2n) is 4.29. The number of rotatable bonds is 1. The van der Waals surface area contributed by atoms with Gasteiger partial charge in [-0.15, -0.1) is 0 Å². The van der Waals surface area contributed by atoms with Crippen molar-refractivity contribution in [2.75, 3.05) is 6.61 Å². The summed E-state index contributed by atoms with van der Waals surface area (Å²) in [5.41, 5.74) is 0.743. The third-order valence-corrected chi connectivity index (χ3v) is 2.81. The summed E-state index contributed by atoms with van der Waals surface area (Å²) in [5.74, 6) is -0.140. The lowest BCUT2D eigenvalue weighted by Gasteiger charge is -2.05. The molecule has 4 nitrogen and oxygen atoms in total. The van der Waals surface area contributed by atoms with Crippen molar-refractivity contribution < 1.29 is 14.6 Å². The number of fused-ring (bicyclic) bond motifs is 1. The van der Waals surface area contributed by atoms with Crippen LogP contribution >= 0.6 is 0 Å².